The van der Waals surface area contributed by atoms with Gasteiger partial charge in [0.2, 0.25) is 12.3 Å². The second kappa shape index (κ2) is 18.5. The summed E-state index contributed by atoms with van der Waals surface area (Å²) >= 11 is 0. The summed E-state index contributed by atoms with van der Waals surface area (Å²) in [5.41, 5.74) is 19.1. The molecular weight excluding hydrogens is 548 g/mol. The quantitative estimate of drug-likeness (QED) is 0.148. The smallest absolute Gasteiger partial charge is 0.272 e. The summed E-state index contributed by atoms with van der Waals surface area (Å²) in [6, 6.07) is 19.7. The van der Waals surface area contributed by atoms with E-state index >= 15 is 0 Å². The van der Waals surface area contributed by atoms with E-state index in [4.69, 9.17) is 15.3 Å². The van der Waals surface area contributed by atoms with Gasteiger partial charge in [0.15, 0.2) is 0 Å². The van der Waals surface area contributed by atoms with Crippen molar-refractivity contribution in [3.05, 3.63) is 88.5 Å². The van der Waals surface area contributed by atoms with Gasteiger partial charge in [-0.05, 0) is 59.5 Å². The van der Waals surface area contributed by atoms with Crippen LogP contribution in [0.3, 0.4) is 0 Å². The minimum absolute atomic E-state index is 0.207. The molecule has 11 nitrogen and oxygen atoms in total. The number of rotatable bonds is 13. The number of hydrogen-bond acceptors (Lipinski definition) is 8. The third kappa shape index (κ3) is 10.5. The Labute approximate surface area is 252 Å². The van der Waals surface area contributed by atoms with Crippen LogP contribution >= 0.6 is 0 Å². The lowest BCUT2D eigenvalue weighted by molar-refractivity contribution is -0.125. The maximum absolute atomic E-state index is 12.6. The summed E-state index contributed by atoms with van der Waals surface area (Å²) < 4.78 is 5.49. The number of ether oxygens (including phenoxy) is 1. The van der Waals surface area contributed by atoms with Crippen LogP contribution in [0.4, 0.5) is 11.4 Å². The molecule has 0 saturated carbocycles. The number of anilines is 2. The fourth-order valence-corrected chi connectivity index (χ4v) is 4.30. The highest BCUT2D eigenvalue weighted by molar-refractivity contribution is 5.99. The fraction of sp³-hybridized carbons (Fsp3) is 0.312. The molecule has 0 radical (unpaired) electrons. The maximum atomic E-state index is 12.6. The Kier molecular flexibility index (Phi) is 14.8. The predicted molar refractivity (Wildman–Crippen MR) is 168 cm³/mol. The first kappa shape index (κ1) is 34.3. The van der Waals surface area contributed by atoms with Crippen molar-refractivity contribution in [2.75, 3.05) is 17.7 Å². The lowest BCUT2D eigenvalue weighted by atomic mass is 10.1. The summed E-state index contributed by atoms with van der Waals surface area (Å²) in [6.07, 6.45) is 2.04. The predicted octanol–water partition coefficient (Wildman–Crippen LogP) is 3.86. The van der Waals surface area contributed by atoms with Gasteiger partial charge < -0.3 is 31.6 Å². The standard InChI is InChI=1S/C29H33N5O4.C2H6.CH3NO/c1-38-27-15-20(16-30)5-7-22(27)18-32-25-10-8-24(9-11-25)31-17-21-6-12-26-23(14-21)19-34(29(26)37)33-28(36)4-2-3-13-35;1-2;2-1-3/h5-15,31-32H,2-4,16-19,30H2,1H3,(H,33,36);1-2H3;1H,(H2,2,3). The van der Waals surface area contributed by atoms with Gasteiger partial charge in [-0.2, -0.15) is 0 Å². The number of amides is 3. The van der Waals surface area contributed by atoms with Crippen LogP contribution in [0.15, 0.2) is 60.7 Å². The summed E-state index contributed by atoms with van der Waals surface area (Å²) in [4.78, 5) is 43.7. The lowest BCUT2D eigenvalue weighted by Crippen LogP contribution is -2.42. The highest BCUT2D eigenvalue weighted by atomic mass is 16.5. The monoisotopic (exact) mass is 590 g/mol. The summed E-state index contributed by atoms with van der Waals surface area (Å²) in [7, 11) is 1.66. The van der Waals surface area contributed by atoms with E-state index in [0.29, 0.717) is 44.6 Å². The molecule has 4 rings (SSSR count). The molecule has 0 aliphatic carbocycles. The molecule has 230 valence electrons. The summed E-state index contributed by atoms with van der Waals surface area (Å²) in [5, 5.41) is 8.16. The second-order valence-corrected chi connectivity index (χ2v) is 9.25. The first-order valence-corrected chi connectivity index (χ1v) is 14.2. The van der Waals surface area contributed by atoms with E-state index in [-0.39, 0.29) is 24.6 Å². The number of hydrogen-bond donors (Lipinski definition) is 5. The van der Waals surface area contributed by atoms with E-state index in [1.54, 1.807) is 13.2 Å². The van der Waals surface area contributed by atoms with Crippen LogP contribution in [0, 0.1) is 0 Å². The zero-order valence-corrected chi connectivity index (χ0v) is 25.0. The molecule has 3 aromatic carbocycles. The number of nitrogens with zero attached hydrogens (tertiary/aromatic N) is 1. The van der Waals surface area contributed by atoms with Gasteiger partial charge in [-0.25, -0.2) is 5.01 Å². The Balaban J connectivity index is 0.00000121. The fourth-order valence-electron chi connectivity index (χ4n) is 4.30. The second-order valence-electron chi connectivity index (χ2n) is 9.25. The highest BCUT2D eigenvalue weighted by Crippen LogP contribution is 2.24. The Morgan fingerprint density at radius 3 is 2.19 bits per heavy atom. The first-order valence-electron chi connectivity index (χ1n) is 14.2. The molecule has 1 heterocycles. The molecule has 43 heavy (non-hydrogen) atoms. The van der Waals surface area contributed by atoms with Crippen molar-refractivity contribution in [2.45, 2.75) is 59.3 Å². The molecule has 0 atom stereocenters. The molecule has 3 amide bonds. The van der Waals surface area contributed by atoms with E-state index in [0.717, 1.165) is 45.7 Å². The van der Waals surface area contributed by atoms with Crippen LogP contribution in [-0.2, 0) is 40.6 Å². The van der Waals surface area contributed by atoms with E-state index < -0.39 is 0 Å². The van der Waals surface area contributed by atoms with E-state index in [1.807, 2.05) is 68.4 Å². The minimum Gasteiger partial charge on any atom is -0.496 e. The molecule has 11 heteroatoms. The van der Waals surface area contributed by atoms with Gasteiger partial charge in [-0.3, -0.25) is 19.8 Å². The molecule has 3 aromatic rings. The number of benzene rings is 3. The van der Waals surface area contributed by atoms with Crippen molar-refractivity contribution < 1.29 is 23.9 Å². The van der Waals surface area contributed by atoms with Crippen molar-refractivity contribution in [2.24, 2.45) is 11.5 Å². The zero-order chi connectivity index (χ0) is 31.6. The van der Waals surface area contributed by atoms with Crippen molar-refractivity contribution in [3.63, 3.8) is 0 Å². The number of hydrazine groups is 1. The molecule has 7 N–H and O–H groups in total. The van der Waals surface area contributed by atoms with Gasteiger partial charge in [0.25, 0.3) is 5.91 Å². The highest BCUT2D eigenvalue weighted by Gasteiger charge is 2.28. The molecule has 0 unspecified atom stereocenters. The number of primary amides is 1. The molecule has 0 aromatic heterocycles. The molecule has 0 bridgehead atoms. The maximum Gasteiger partial charge on any atom is 0.272 e. The molecule has 0 saturated heterocycles. The zero-order valence-electron chi connectivity index (χ0n) is 25.0. The molecule has 1 aliphatic heterocycles. The Hall–Kier alpha value is -4.90. The third-order valence-electron chi connectivity index (χ3n) is 6.41. The van der Waals surface area contributed by atoms with Gasteiger partial charge in [-0.15, -0.1) is 0 Å². The third-order valence-corrected chi connectivity index (χ3v) is 6.41. The molecule has 1 aliphatic rings. The van der Waals surface area contributed by atoms with Crippen LogP contribution in [0.5, 0.6) is 5.75 Å². The number of nitrogens with two attached hydrogens (primary N) is 2. The van der Waals surface area contributed by atoms with Crippen LogP contribution in [0.1, 0.15) is 65.7 Å². The number of nitrogens with one attached hydrogen (secondary N) is 3. The largest absolute Gasteiger partial charge is 0.496 e. The molecule has 0 fully saturated rings. The van der Waals surface area contributed by atoms with Crippen molar-refractivity contribution in [3.8, 4) is 5.75 Å². The molecule has 0 spiro atoms. The minimum atomic E-state index is -0.267. The Morgan fingerprint density at radius 1 is 0.953 bits per heavy atom. The van der Waals surface area contributed by atoms with Crippen LogP contribution in [0.25, 0.3) is 0 Å². The van der Waals surface area contributed by atoms with E-state index in [1.165, 1.54) is 5.01 Å². The average Bonchev–Trinajstić information content (AvgIpc) is 3.34. The lowest BCUT2D eigenvalue weighted by Gasteiger charge is -2.16. The van der Waals surface area contributed by atoms with Gasteiger partial charge in [-0.1, -0.05) is 38.1 Å². The number of unbranched alkanes of at least 4 members (excludes halogenated alkanes) is 1. The van der Waals surface area contributed by atoms with Gasteiger partial charge in [0.1, 0.15) is 12.0 Å². The van der Waals surface area contributed by atoms with Crippen molar-refractivity contribution >= 4 is 35.9 Å². The van der Waals surface area contributed by atoms with Crippen molar-refractivity contribution in [1.29, 1.82) is 0 Å². The van der Waals surface area contributed by atoms with Crippen LogP contribution in [0.2, 0.25) is 0 Å². The van der Waals surface area contributed by atoms with E-state index in [9.17, 15) is 14.4 Å². The average molecular weight is 591 g/mol. The Bertz CT molecular complexity index is 1350. The first-order chi connectivity index (χ1) is 20.9. The number of carbonyl (C=O) groups excluding carboxylic acids is 4. The van der Waals surface area contributed by atoms with E-state index in [2.05, 4.69) is 21.8 Å². The van der Waals surface area contributed by atoms with Crippen LogP contribution in [-0.4, -0.2) is 36.6 Å². The summed E-state index contributed by atoms with van der Waals surface area (Å²) in [5.74, 6) is 0.325. The topological polar surface area (TPSA) is 169 Å². The number of aldehydes is 1. The van der Waals surface area contributed by atoms with Crippen LogP contribution < -0.4 is 32.3 Å². The number of carbonyl (C=O) groups is 4. The van der Waals surface area contributed by atoms with Crippen molar-refractivity contribution in [1.82, 2.24) is 10.4 Å². The number of methoxy groups -OCH3 is 1. The summed E-state index contributed by atoms with van der Waals surface area (Å²) in [6.45, 7) is 6.02. The normalized spacial score (nSPS) is 11.2. The van der Waals surface area contributed by atoms with Gasteiger partial charge in [0, 0.05) is 55.0 Å². The Morgan fingerprint density at radius 2 is 1.58 bits per heavy atom. The molecular formula is C32H42N6O5. The SMILES string of the molecule is CC.COc1cc(CN)ccc1CNc1ccc(NCc2ccc3c(c2)CN(NC(=O)CCCC=O)C3=O)cc1.NC=O. The van der Waals surface area contributed by atoms with Gasteiger partial charge >= 0.3 is 0 Å². The number of fused-ring (bicyclic) bond motifs is 1. The van der Waals surface area contributed by atoms with Gasteiger partial charge in [0.05, 0.1) is 13.7 Å².